The maximum Gasteiger partial charge on any atom is 0.131 e. The Labute approximate surface area is 118 Å². The molecule has 0 bridgehead atoms. The molecule has 1 aliphatic heterocycles. The van der Waals surface area contributed by atoms with E-state index in [0.29, 0.717) is 5.56 Å². The summed E-state index contributed by atoms with van der Waals surface area (Å²) in [5, 5.41) is 9.90. The first kappa shape index (κ1) is 13.1. The summed E-state index contributed by atoms with van der Waals surface area (Å²) in [6.45, 7) is 2.46. The molecule has 0 aliphatic carbocycles. The molecule has 0 amide bonds. The van der Waals surface area contributed by atoms with E-state index in [1.807, 2.05) is 18.2 Å². The molecule has 0 saturated heterocycles. The summed E-state index contributed by atoms with van der Waals surface area (Å²) in [5.74, 6) is -0.347. The number of benzene rings is 2. The molecule has 0 saturated carbocycles. The third-order valence-corrected chi connectivity index (χ3v) is 3.85. The van der Waals surface area contributed by atoms with Gasteiger partial charge in [-0.1, -0.05) is 24.3 Å². The van der Waals surface area contributed by atoms with Gasteiger partial charge in [-0.15, -0.1) is 0 Å². The van der Waals surface area contributed by atoms with Crippen LogP contribution in [0.3, 0.4) is 0 Å². The summed E-state index contributed by atoms with van der Waals surface area (Å²) < 4.78 is 14.0. The van der Waals surface area contributed by atoms with Crippen LogP contribution in [0.1, 0.15) is 30.6 Å². The van der Waals surface area contributed by atoms with Crippen molar-refractivity contribution in [2.75, 3.05) is 11.4 Å². The number of hydrogen-bond acceptors (Lipinski definition) is 2. The molecule has 0 aromatic heterocycles. The minimum absolute atomic E-state index is 0.347. The highest BCUT2D eigenvalue weighted by molar-refractivity contribution is 5.70. The predicted octanol–water partition coefficient (Wildman–Crippen LogP) is 3.96. The van der Waals surface area contributed by atoms with Crippen LogP contribution in [0.5, 0.6) is 0 Å². The van der Waals surface area contributed by atoms with Crippen molar-refractivity contribution in [1.82, 2.24) is 0 Å². The normalized spacial score (nSPS) is 15.8. The van der Waals surface area contributed by atoms with E-state index < -0.39 is 6.10 Å². The molecule has 1 atom stereocenters. The average molecular weight is 271 g/mol. The smallest absolute Gasteiger partial charge is 0.131 e. The van der Waals surface area contributed by atoms with Gasteiger partial charge in [-0.25, -0.2) is 4.39 Å². The van der Waals surface area contributed by atoms with Gasteiger partial charge in [0.05, 0.1) is 6.10 Å². The molecule has 3 heteroatoms. The number of anilines is 2. The number of rotatable bonds is 2. The van der Waals surface area contributed by atoms with Crippen LogP contribution in [-0.4, -0.2) is 11.7 Å². The lowest BCUT2D eigenvalue weighted by Crippen LogP contribution is -2.26. The Morgan fingerprint density at radius 1 is 1.10 bits per heavy atom. The summed E-state index contributed by atoms with van der Waals surface area (Å²) in [6.07, 6.45) is 1.26. The first-order valence-electron chi connectivity index (χ1n) is 7.00. The maximum atomic E-state index is 14.0. The quantitative estimate of drug-likeness (QED) is 0.893. The van der Waals surface area contributed by atoms with Gasteiger partial charge in [0.2, 0.25) is 0 Å². The minimum Gasteiger partial charge on any atom is -0.389 e. The van der Waals surface area contributed by atoms with E-state index in [1.165, 1.54) is 11.6 Å². The van der Waals surface area contributed by atoms with E-state index in [1.54, 1.807) is 13.0 Å². The Morgan fingerprint density at radius 2 is 1.85 bits per heavy atom. The van der Waals surface area contributed by atoms with Gasteiger partial charge >= 0.3 is 0 Å². The molecule has 0 unspecified atom stereocenters. The van der Waals surface area contributed by atoms with Gasteiger partial charge in [0.15, 0.2) is 0 Å². The van der Waals surface area contributed by atoms with Crippen LogP contribution in [0.15, 0.2) is 42.5 Å². The molecule has 1 N–H and O–H groups in total. The molecule has 1 aliphatic rings. The molecule has 2 aromatic rings. The molecule has 104 valence electrons. The van der Waals surface area contributed by atoms with Crippen LogP contribution in [0, 0.1) is 5.82 Å². The van der Waals surface area contributed by atoms with E-state index in [-0.39, 0.29) is 5.82 Å². The van der Waals surface area contributed by atoms with Gasteiger partial charge in [-0.2, -0.15) is 0 Å². The molecule has 20 heavy (non-hydrogen) atoms. The van der Waals surface area contributed by atoms with Gasteiger partial charge in [0.25, 0.3) is 0 Å². The molecule has 0 radical (unpaired) electrons. The van der Waals surface area contributed by atoms with Crippen molar-refractivity contribution < 1.29 is 9.50 Å². The van der Waals surface area contributed by atoms with Crippen molar-refractivity contribution in [2.45, 2.75) is 25.9 Å². The van der Waals surface area contributed by atoms with Crippen molar-refractivity contribution in [3.8, 4) is 0 Å². The Bertz CT molecular complexity index is 624. The maximum absolute atomic E-state index is 14.0. The largest absolute Gasteiger partial charge is 0.389 e. The van der Waals surface area contributed by atoms with E-state index in [4.69, 9.17) is 0 Å². The van der Waals surface area contributed by atoms with Crippen LogP contribution in [0.2, 0.25) is 0 Å². The van der Waals surface area contributed by atoms with Crippen LogP contribution in [-0.2, 0) is 6.42 Å². The van der Waals surface area contributed by atoms with Crippen molar-refractivity contribution >= 4 is 11.4 Å². The summed E-state index contributed by atoms with van der Waals surface area (Å²) in [6, 6.07) is 13.2. The van der Waals surface area contributed by atoms with Crippen LogP contribution < -0.4 is 4.90 Å². The highest BCUT2D eigenvalue weighted by atomic mass is 19.1. The lowest BCUT2D eigenvalue weighted by Gasteiger charge is -2.33. The fourth-order valence-electron chi connectivity index (χ4n) is 2.96. The predicted molar refractivity (Wildman–Crippen MR) is 78.8 cm³/mol. The minimum atomic E-state index is -0.819. The molecule has 0 spiro atoms. The van der Waals surface area contributed by atoms with Crippen molar-refractivity contribution in [1.29, 1.82) is 0 Å². The molecule has 1 heterocycles. The Kier molecular flexibility index (Phi) is 3.45. The van der Waals surface area contributed by atoms with E-state index in [9.17, 15) is 9.50 Å². The number of fused-ring (bicyclic) bond motifs is 1. The van der Waals surface area contributed by atoms with Crippen LogP contribution in [0.25, 0.3) is 0 Å². The number of halogens is 1. The Balaban J connectivity index is 2.14. The topological polar surface area (TPSA) is 23.5 Å². The highest BCUT2D eigenvalue weighted by Crippen LogP contribution is 2.37. The lowest BCUT2D eigenvalue weighted by molar-refractivity contribution is 0.194. The molecule has 0 fully saturated rings. The molecule has 2 aromatic carbocycles. The summed E-state index contributed by atoms with van der Waals surface area (Å²) in [7, 11) is 0. The summed E-state index contributed by atoms with van der Waals surface area (Å²) in [5.41, 5.74) is 3.54. The summed E-state index contributed by atoms with van der Waals surface area (Å²) in [4.78, 5) is 2.12. The van der Waals surface area contributed by atoms with Gasteiger partial charge in [0.1, 0.15) is 5.82 Å². The molecular weight excluding hydrogens is 253 g/mol. The van der Waals surface area contributed by atoms with E-state index in [0.717, 1.165) is 30.8 Å². The van der Waals surface area contributed by atoms with Crippen LogP contribution >= 0.6 is 0 Å². The Hall–Kier alpha value is -1.87. The number of aliphatic hydroxyl groups excluding tert-OH is 1. The monoisotopic (exact) mass is 271 g/mol. The fraction of sp³-hybridized carbons (Fsp3) is 0.294. The van der Waals surface area contributed by atoms with Crippen molar-refractivity contribution in [3.05, 3.63) is 59.4 Å². The molecular formula is C17H18FNO. The Morgan fingerprint density at radius 3 is 2.65 bits per heavy atom. The second kappa shape index (κ2) is 5.25. The zero-order chi connectivity index (χ0) is 14.1. The van der Waals surface area contributed by atoms with Gasteiger partial charge < -0.3 is 10.0 Å². The number of hydrogen-bond donors (Lipinski definition) is 1. The lowest BCUT2D eigenvalue weighted by atomic mass is 9.99. The van der Waals surface area contributed by atoms with Crippen molar-refractivity contribution in [3.63, 3.8) is 0 Å². The number of nitrogens with zero attached hydrogens (tertiary/aromatic N) is 1. The molecule has 3 rings (SSSR count). The zero-order valence-corrected chi connectivity index (χ0v) is 11.5. The van der Waals surface area contributed by atoms with Gasteiger partial charge in [0, 0.05) is 23.5 Å². The number of aryl methyl sites for hydroxylation is 1. The first-order chi connectivity index (χ1) is 9.68. The van der Waals surface area contributed by atoms with Crippen molar-refractivity contribution in [2.24, 2.45) is 0 Å². The van der Waals surface area contributed by atoms with E-state index >= 15 is 0 Å². The summed E-state index contributed by atoms with van der Waals surface area (Å²) >= 11 is 0. The third-order valence-electron chi connectivity index (χ3n) is 3.85. The molecule has 2 nitrogen and oxygen atoms in total. The third kappa shape index (κ3) is 2.18. The zero-order valence-electron chi connectivity index (χ0n) is 11.5. The van der Waals surface area contributed by atoms with Gasteiger partial charge in [-0.05, 0) is 43.5 Å². The highest BCUT2D eigenvalue weighted by Gasteiger charge is 2.23. The van der Waals surface area contributed by atoms with Gasteiger partial charge in [-0.3, -0.25) is 0 Å². The van der Waals surface area contributed by atoms with E-state index in [2.05, 4.69) is 17.0 Å². The second-order valence-corrected chi connectivity index (χ2v) is 5.23. The number of aliphatic hydroxyl groups is 1. The first-order valence-corrected chi connectivity index (χ1v) is 7.00. The fourth-order valence-corrected chi connectivity index (χ4v) is 2.96. The SMILES string of the molecule is C[C@@H](O)c1c(F)cccc1N1CCCc2ccccc21. The standard InChI is InChI=1S/C17H18FNO/c1-12(20)17-14(18)8-4-10-16(17)19-11-5-7-13-6-2-3-9-15(13)19/h2-4,6,8-10,12,20H,5,7,11H2,1H3/t12-/m1/s1. The van der Waals surface area contributed by atoms with Crippen LogP contribution in [0.4, 0.5) is 15.8 Å². The second-order valence-electron chi connectivity index (χ2n) is 5.23. The number of para-hydroxylation sites is 1. The average Bonchev–Trinajstić information content (AvgIpc) is 2.46.